The number of hydrogen-bond acceptors (Lipinski definition) is 15. The van der Waals surface area contributed by atoms with Crippen molar-refractivity contribution in [1.29, 1.82) is 0 Å². The van der Waals surface area contributed by atoms with Crippen molar-refractivity contribution < 1.29 is 70.3 Å². The van der Waals surface area contributed by atoms with Crippen LogP contribution in [0.15, 0.2) is 160 Å². The average molecular weight is 1590 g/mol. The third-order valence-corrected chi connectivity index (χ3v) is 26.7. The van der Waals surface area contributed by atoms with Gasteiger partial charge in [0.05, 0.1) is 0 Å². The maximum absolute atomic E-state index is 15.6. The Balaban J connectivity index is 0.000000118. The number of aromatic nitrogens is 3. The molecule has 0 aliphatic carbocycles. The number of hydrogen-bond donors (Lipinski definition) is 3. The molecule has 9 aromatic rings. The van der Waals surface area contributed by atoms with Crippen LogP contribution in [0, 0.1) is 34.9 Å². The van der Waals surface area contributed by atoms with Crippen LogP contribution < -0.4 is 44.7 Å². The van der Waals surface area contributed by atoms with Crippen LogP contribution in [0.2, 0.25) is 0 Å². The van der Waals surface area contributed by atoms with Gasteiger partial charge in [-0.3, -0.25) is 0 Å². The van der Waals surface area contributed by atoms with Crippen LogP contribution in [-0.4, -0.2) is 184 Å². The summed E-state index contributed by atoms with van der Waals surface area (Å²) in [6.45, 7) is 2.08. The van der Waals surface area contributed by atoms with Gasteiger partial charge in [-0.25, -0.2) is 0 Å². The molecule has 6 aromatic carbocycles. The Kier molecular flexibility index (Phi) is 17.5. The van der Waals surface area contributed by atoms with Crippen LogP contribution in [0.3, 0.4) is 0 Å². The van der Waals surface area contributed by atoms with E-state index in [2.05, 4.69) is 6.07 Å². The number of halogens is 6. The van der Waals surface area contributed by atoms with Crippen LogP contribution in [0.25, 0.3) is 0 Å². The fraction of sp³-hybridized carbons (Fsp3) is 0.250. The average Bonchev–Trinajstić information content (AvgIpc) is 1.13. The summed E-state index contributed by atoms with van der Waals surface area (Å²) in [5.41, 5.74) is 2.14. The zero-order valence-corrected chi connectivity index (χ0v) is 58.5. The van der Waals surface area contributed by atoms with Crippen molar-refractivity contribution in [2.24, 2.45) is 0 Å². The number of carbonyl (C=O) groups is 3. The summed E-state index contributed by atoms with van der Waals surface area (Å²) in [4.78, 5) is 81.3. The normalized spacial score (nSPS) is 21.3. The van der Waals surface area contributed by atoms with Gasteiger partial charge in [-0.15, -0.1) is 0 Å². The van der Waals surface area contributed by atoms with Crippen LogP contribution in [-0.2, 0) is 30.2 Å². The molecule has 102 heavy (non-hydrogen) atoms. The number of morpholine rings is 3. The van der Waals surface area contributed by atoms with Gasteiger partial charge in [-0.1, -0.05) is 0 Å². The molecule has 0 spiro atoms. The first-order chi connectivity index (χ1) is 49.4. The van der Waals surface area contributed by atoms with Crippen molar-refractivity contribution in [1.82, 2.24) is 28.7 Å². The number of aromatic hydroxyl groups is 3. The zero-order valence-electron chi connectivity index (χ0n) is 53.3. The van der Waals surface area contributed by atoms with Crippen molar-refractivity contribution in [3.05, 3.63) is 279 Å². The van der Waals surface area contributed by atoms with Crippen LogP contribution in [0.1, 0.15) is 99.7 Å². The predicted molar refractivity (Wildman–Crippen MR) is 360 cm³/mol. The fourth-order valence-corrected chi connectivity index (χ4v) is 21.9. The third-order valence-electron chi connectivity index (χ3n) is 19.6. The van der Waals surface area contributed by atoms with Gasteiger partial charge < -0.3 is 0 Å². The second-order valence-electron chi connectivity index (χ2n) is 25.0. The molecule has 3 saturated heterocycles. The van der Waals surface area contributed by atoms with Gasteiger partial charge in [0.15, 0.2) is 0 Å². The molecule has 3 N–H and O–H groups in total. The number of rotatable bonds is 3. The van der Waals surface area contributed by atoms with Crippen molar-refractivity contribution in [2.75, 3.05) is 74.3 Å². The minimum atomic E-state index is -1.26. The molecule has 12 heterocycles. The number of ether oxygens (including phenoxy) is 3. The second-order valence-corrected chi connectivity index (χ2v) is 31.4. The van der Waals surface area contributed by atoms with Crippen LogP contribution in [0.5, 0.6) is 17.2 Å². The monoisotopic (exact) mass is 1590 g/mol. The Morgan fingerprint density at radius 2 is 0.784 bits per heavy atom. The summed E-state index contributed by atoms with van der Waals surface area (Å²) in [5, 5.41) is 38.4. The molecular weight excluding hydrogens is 1530 g/mol. The van der Waals surface area contributed by atoms with Crippen molar-refractivity contribution in [3.63, 3.8) is 0 Å². The molecule has 30 heteroatoms. The van der Waals surface area contributed by atoms with Crippen molar-refractivity contribution in [2.45, 2.75) is 52.6 Å². The Labute approximate surface area is 594 Å². The van der Waals surface area contributed by atoms with E-state index < -0.39 is 117 Å². The van der Waals surface area contributed by atoms with Gasteiger partial charge in [0.25, 0.3) is 0 Å². The van der Waals surface area contributed by atoms with Crippen LogP contribution in [0.4, 0.5) is 26.3 Å². The molecule has 9 aliphatic heterocycles. The summed E-state index contributed by atoms with van der Waals surface area (Å²) in [5.74, 6) is -8.13. The standard InChI is InChI=1S/C24H18F3N3O4Se.C24H19F2N3O4Se.C24H20FN3O4Se/c25-14-9-15(26)20(27)13-11-35-17-4-2-1-3-12(17)21(19(13)14)30-18-10-34-8-7-28(18)24(33)22-23(32)16(31)5-6-29(22)30;25-15-5-6-16(26)20-14(15)12-34-18-4-2-1-3-13(18)21(20)29-19-11-33-10-9-27(19)24(32)22-23(31)17(30)7-8-28(22)29;25-15-6-5-14-13-33-19-4-2-1-3-16(19)21(17(14)11-15)28-20-12-32-10-9-26(20)24(31)22-23(30)18(29)7-8-27(22)28/h1-6,9,18,21,32H,7-8,10-11H2;1-8,19,21,31H,9-12H2;1-8,11,20-21,30H,9-10,12-13H2/t18-,21-;19-,21-;20-,21-/m111/s1. The van der Waals surface area contributed by atoms with Crippen molar-refractivity contribution >= 4 is 76.0 Å². The Bertz CT molecular complexity index is 5190. The van der Waals surface area contributed by atoms with Crippen LogP contribution >= 0.6 is 0 Å². The van der Waals surface area contributed by atoms with Gasteiger partial charge in [-0.2, -0.15) is 0 Å². The molecule has 522 valence electrons. The third kappa shape index (κ3) is 11.0. The van der Waals surface area contributed by atoms with Gasteiger partial charge in [-0.05, 0) is 0 Å². The molecule has 18 rings (SSSR count). The summed E-state index contributed by atoms with van der Waals surface area (Å²) >= 11 is -0.345. The molecule has 9 aliphatic rings. The SMILES string of the molecule is O=C1c2c(O)c(=O)ccn2N([C@@H]2c3ccccc3[Se]Cc3c(F)c(F)cc(F)c32)[C@@H]2COCCN12.O=C1c2c(O)c(=O)ccn2N([C@@H]2c3ccccc3[Se]Cc3c(F)ccc(F)c32)[C@@H]2COCCN12.O=C1c2c(O)c(=O)ccn2N([C@H]2c3cc(F)ccc3C[Se]c3ccccc32)[C@@H]2COCCN12. The van der Waals surface area contributed by atoms with E-state index in [1.54, 1.807) is 37.8 Å². The first-order valence-corrected chi connectivity index (χ1v) is 38.5. The van der Waals surface area contributed by atoms with E-state index in [9.17, 15) is 52.9 Å². The first-order valence-electron chi connectivity index (χ1n) is 32.3. The summed E-state index contributed by atoms with van der Waals surface area (Å²) in [6, 6.07) is 31.9. The van der Waals surface area contributed by atoms with E-state index in [0.29, 0.717) is 35.7 Å². The minimum absolute atomic E-state index is 0.0419. The number of nitrogens with zero attached hydrogens (tertiary/aromatic N) is 9. The van der Waals surface area contributed by atoms with Gasteiger partial charge in [0, 0.05) is 0 Å². The fourth-order valence-electron chi connectivity index (χ4n) is 15.0. The molecule has 3 aromatic heterocycles. The summed E-state index contributed by atoms with van der Waals surface area (Å²) < 4.78 is 115. The summed E-state index contributed by atoms with van der Waals surface area (Å²) in [6.07, 6.45) is 2.34. The number of carbonyl (C=O) groups excluding carboxylic acids is 3. The van der Waals surface area contributed by atoms with Gasteiger partial charge >= 0.3 is 598 Å². The Morgan fingerprint density at radius 1 is 0.392 bits per heavy atom. The quantitative estimate of drug-likeness (QED) is 0.131. The molecule has 0 unspecified atom stereocenters. The van der Waals surface area contributed by atoms with Gasteiger partial charge in [0.2, 0.25) is 0 Å². The molecule has 3 amide bonds. The molecular formula is C72H57F6N9O12Se3. The van der Waals surface area contributed by atoms with E-state index in [4.69, 9.17) is 14.2 Å². The Morgan fingerprint density at radius 3 is 1.25 bits per heavy atom. The molecule has 6 atom stereocenters. The topological polar surface area (TPSA) is 225 Å². The predicted octanol–water partition coefficient (Wildman–Crippen LogP) is 3.64. The van der Waals surface area contributed by atoms with E-state index in [0.717, 1.165) is 60.8 Å². The molecule has 3 fully saturated rings. The van der Waals surface area contributed by atoms with E-state index >= 15 is 17.6 Å². The zero-order chi connectivity index (χ0) is 70.7. The molecule has 21 nitrogen and oxygen atoms in total. The number of fused-ring (bicyclic) bond motifs is 12. The maximum atomic E-state index is 15.6. The molecule has 0 bridgehead atoms. The Hall–Kier alpha value is -9.60. The van der Waals surface area contributed by atoms with E-state index in [1.165, 1.54) is 54.3 Å². The number of pyridine rings is 3. The number of amides is 3. The first kappa shape index (κ1) is 66.9. The van der Waals surface area contributed by atoms with E-state index in [1.807, 2.05) is 65.7 Å². The summed E-state index contributed by atoms with van der Waals surface area (Å²) in [7, 11) is 0. The van der Waals surface area contributed by atoms with Gasteiger partial charge in [0.1, 0.15) is 0 Å². The molecule has 0 saturated carbocycles. The van der Waals surface area contributed by atoms with E-state index in [-0.39, 0.29) is 136 Å². The second kappa shape index (κ2) is 26.7. The molecule has 0 radical (unpaired) electrons. The van der Waals surface area contributed by atoms with Crippen molar-refractivity contribution in [3.8, 4) is 17.2 Å². The number of benzene rings is 6.